The van der Waals surface area contributed by atoms with Crippen LogP contribution in [-0.4, -0.2) is 51.1 Å². The Balaban J connectivity index is -0.000000152. The van der Waals surface area contributed by atoms with Gasteiger partial charge in [-0.2, -0.15) is 0 Å². The van der Waals surface area contributed by atoms with Gasteiger partial charge in [0.05, 0.1) is 0 Å². The minimum atomic E-state index is 1.14. The van der Waals surface area contributed by atoms with Gasteiger partial charge in [-0.3, -0.25) is 0 Å². The highest BCUT2D eigenvalue weighted by Crippen LogP contribution is 1.86. The van der Waals surface area contributed by atoms with Crippen LogP contribution in [0, 0.1) is 0 Å². The van der Waals surface area contributed by atoms with Crippen LogP contribution in [0.1, 0.15) is 40.5 Å². The van der Waals surface area contributed by atoms with Crippen molar-refractivity contribution >= 4 is 0 Å². The predicted molar refractivity (Wildman–Crippen MR) is 69.0 cm³/mol. The van der Waals surface area contributed by atoms with Crippen LogP contribution in [0.25, 0.3) is 0 Å². The number of rotatable bonds is 4. The van der Waals surface area contributed by atoms with Crippen LogP contribution in [0.15, 0.2) is 0 Å². The molecule has 0 aromatic heterocycles. The number of hydrogen-bond acceptors (Lipinski definition) is 2. The Morgan fingerprint density at radius 1 is 0.786 bits per heavy atom. The van der Waals surface area contributed by atoms with Gasteiger partial charge in [-0.05, 0) is 47.7 Å². The fourth-order valence-corrected chi connectivity index (χ4v) is 0.474. The van der Waals surface area contributed by atoms with E-state index in [0.29, 0.717) is 0 Å². The Bertz CT molecular complexity index is 70.7. The zero-order valence-corrected chi connectivity index (χ0v) is 11.7. The molecule has 0 aromatic carbocycles. The molecule has 0 saturated carbocycles. The number of hydrogen-bond donors (Lipinski definition) is 0. The van der Waals surface area contributed by atoms with Crippen molar-refractivity contribution in [3.63, 3.8) is 0 Å². The van der Waals surface area contributed by atoms with Gasteiger partial charge >= 0.3 is 0 Å². The van der Waals surface area contributed by atoms with E-state index in [1.54, 1.807) is 0 Å². The van der Waals surface area contributed by atoms with E-state index in [2.05, 4.69) is 51.8 Å². The summed E-state index contributed by atoms with van der Waals surface area (Å²) in [4.78, 5) is 4.34. The van der Waals surface area contributed by atoms with Gasteiger partial charge in [0.2, 0.25) is 0 Å². The minimum absolute atomic E-state index is 1.14. The van der Waals surface area contributed by atoms with Crippen molar-refractivity contribution in [2.75, 3.05) is 41.3 Å². The van der Waals surface area contributed by atoms with Crippen molar-refractivity contribution in [2.24, 2.45) is 0 Å². The summed E-state index contributed by atoms with van der Waals surface area (Å²) in [6.45, 7) is 10.7. The Labute approximate surface area is 92.3 Å². The molecule has 0 atom stereocenters. The molecule has 0 bridgehead atoms. The van der Waals surface area contributed by atoms with Crippen molar-refractivity contribution in [2.45, 2.75) is 40.5 Å². The SMILES string of the molecule is CC.CCCCN(C)C.CCN(C)C. The van der Waals surface area contributed by atoms with E-state index in [0.717, 1.165) is 6.54 Å². The van der Waals surface area contributed by atoms with Gasteiger partial charge in [0.25, 0.3) is 0 Å². The molecular formula is C12H32N2. The monoisotopic (exact) mass is 204 g/mol. The molecule has 0 heterocycles. The molecule has 0 amide bonds. The zero-order valence-electron chi connectivity index (χ0n) is 11.7. The van der Waals surface area contributed by atoms with Crippen LogP contribution in [0.3, 0.4) is 0 Å². The molecule has 0 spiro atoms. The molecule has 0 aliphatic rings. The van der Waals surface area contributed by atoms with Crippen molar-refractivity contribution in [3.8, 4) is 0 Å². The Hall–Kier alpha value is -0.0800. The average Bonchev–Trinajstić information content (AvgIpc) is 2.18. The molecule has 0 aliphatic heterocycles. The highest BCUT2D eigenvalue weighted by Gasteiger charge is 1.83. The molecular weight excluding hydrogens is 172 g/mol. The van der Waals surface area contributed by atoms with Crippen LogP contribution in [0.5, 0.6) is 0 Å². The Kier molecular flexibility index (Phi) is 26.0. The normalized spacial score (nSPS) is 9.00. The molecule has 2 heteroatoms. The third kappa shape index (κ3) is 40.6. The molecule has 0 N–H and O–H groups in total. The Morgan fingerprint density at radius 3 is 1.21 bits per heavy atom. The van der Waals surface area contributed by atoms with Crippen LogP contribution in [-0.2, 0) is 0 Å². The molecule has 0 fully saturated rings. The lowest BCUT2D eigenvalue weighted by atomic mass is 10.3. The van der Waals surface area contributed by atoms with E-state index in [-0.39, 0.29) is 0 Å². The highest BCUT2D eigenvalue weighted by atomic mass is 15.0. The fraction of sp³-hybridized carbons (Fsp3) is 1.00. The van der Waals surface area contributed by atoms with E-state index in [4.69, 9.17) is 0 Å². The molecule has 0 rings (SSSR count). The van der Waals surface area contributed by atoms with E-state index >= 15 is 0 Å². The Morgan fingerprint density at radius 2 is 1.14 bits per heavy atom. The largest absolute Gasteiger partial charge is 0.310 e. The van der Waals surface area contributed by atoms with Gasteiger partial charge < -0.3 is 9.80 Å². The van der Waals surface area contributed by atoms with Gasteiger partial charge in [0.1, 0.15) is 0 Å². The van der Waals surface area contributed by atoms with Gasteiger partial charge in [-0.15, -0.1) is 0 Å². The molecule has 0 saturated heterocycles. The zero-order chi connectivity index (χ0) is 12.0. The second-order valence-corrected chi connectivity index (χ2v) is 3.55. The maximum atomic E-state index is 2.21. The summed E-state index contributed by atoms with van der Waals surface area (Å²) in [6.07, 6.45) is 2.63. The number of unbranched alkanes of at least 4 members (excludes halogenated alkanes) is 1. The number of nitrogens with zero attached hydrogens (tertiary/aromatic N) is 2. The summed E-state index contributed by atoms with van der Waals surface area (Å²) in [5.74, 6) is 0. The average molecular weight is 204 g/mol. The highest BCUT2D eigenvalue weighted by molar-refractivity contribution is 4.39. The summed E-state index contributed by atoms with van der Waals surface area (Å²) >= 11 is 0. The smallest absolute Gasteiger partial charge is 0.00249 e. The second-order valence-electron chi connectivity index (χ2n) is 3.55. The lowest BCUT2D eigenvalue weighted by Crippen LogP contribution is -2.12. The molecule has 0 unspecified atom stereocenters. The first-order valence-corrected chi connectivity index (χ1v) is 5.84. The topological polar surface area (TPSA) is 6.48 Å². The van der Waals surface area contributed by atoms with Crippen LogP contribution in [0.4, 0.5) is 0 Å². The van der Waals surface area contributed by atoms with Crippen LogP contribution >= 0.6 is 0 Å². The first-order valence-electron chi connectivity index (χ1n) is 5.84. The summed E-state index contributed by atoms with van der Waals surface area (Å²) in [7, 11) is 8.32. The molecule has 90 valence electrons. The maximum Gasteiger partial charge on any atom is -0.00249 e. The predicted octanol–water partition coefficient (Wildman–Crippen LogP) is 2.94. The first kappa shape index (κ1) is 19.5. The summed E-state index contributed by atoms with van der Waals surface area (Å²) in [5.41, 5.74) is 0. The summed E-state index contributed by atoms with van der Waals surface area (Å²) < 4.78 is 0. The van der Waals surface area contributed by atoms with Crippen molar-refractivity contribution in [3.05, 3.63) is 0 Å². The third-order valence-corrected chi connectivity index (χ3v) is 1.59. The molecule has 0 aromatic rings. The lowest BCUT2D eigenvalue weighted by Gasteiger charge is -2.05. The standard InChI is InChI=1S/C6H15N.C4H11N.C2H6/c1-4-5-6-7(2)3;1-4-5(2)3;1-2/h4-6H2,1-3H3;4H2,1-3H3;1-2H3. The second kappa shape index (κ2) is 18.7. The molecule has 2 nitrogen and oxygen atoms in total. The maximum absolute atomic E-state index is 2.21. The van der Waals surface area contributed by atoms with E-state index in [1.165, 1.54) is 19.4 Å². The molecule has 14 heavy (non-hydrogen) atoms. The fourth-order valence-electron chi connectivity index (χ4n) is 0.474. The first-order chi connectivity index (χ1) is 6.54. The van der Waals surface area contributed by atoms with Crippen molar-refractivity contribution in [1.29, 1.82) is 0 Å². The van der Waals surface area contributed by atoms with Gasteiger partial charge in [0, 0.05) is 0 Å². The summed E-state index contributed by atoms with van der Waals surface area (Å²) in [5, 5.41) is 0. The van der Waals surface area contributed by atoms with Gasteiger partial charge in [0.15, 0.2) is 0 Å². The third-order valence-electron chi connectivity index (χ3n) is 1.59. The van der Waals surface area contributed by atoms with Crippen LogP contribution < -0.4 is 0 Å². The van der Waals surface area contributed by atoms with Crippen molar-refractivity contribution in [1.82, 2.24) is 9.80 Å². The molecule has 0 aliphatic carbocycles. The van der Waals surface area contributed by atoms with E-state index in [9.17, 15) is 0 Å². The molecule has 0 radical (unpaired) electrons. The van der Waals surface area contributed by atoms with Gasteiger partial charge in [-0.1, -0.05) is 34.1 Å². The van der Waals surface area contributed by atoms with E-state index < -0.39 is 0 Å². The minimum Gasteiger partial charge on any atom is -0.310 e. The van der Waals surface area contributed by atoms with Crippen molar-refractivity contribution < 1.29 is 0 Å². The summed E-state index contributed by atoms with van der Waals surface area (Å²) in [6, 6.07) is 0. The van der Waals surface area contributed by atoms with E-state index in [1.807, 2.05) is 13.8 Å². The lowest BCUT2D eigenvalue weighted by molar-refractivity contribution is 0.398. The van der Waals surface area contributed by atoms with Crippen LogP contribution in [0.2, 0.25) is 0 Å². The van der Waals surface area contributed by atoms with Gasteiger partial charge in [-0.25, -0.2) is 0 Å². The quantitative estimate of drug-likeness (QED) is 0.695.